The number of nitrogens with one attached hydrogen (secondary N) is 1. The van der Waals surface area contributed by atoms with Crippen LogP contribution in [-0.2, 0) is 7.05 Å². The number of nitrogens with zero attached hydrogens (tertiary/aromatic N) is 2. The fourth-order valence-corrected chi connectivity index (χ4v) is 1.24. The Hall–Kier alpha value is -1.07. The molecule has 0 bridgehead atoms. The van der Waals surface area contributed by atoms with E-state index in [1.807, 2.05) is 0 Å². The van der Waals surface area contributed by atoms with E-state index in [2.05, 4.69) is 10.1 Å². The summed E-state index contributed by atoms with van der Waals surface area (Å²) < 4.78 is 7.25. The van der Waals surface area contributed by atoms with E-state index in [1.165, 1.54) is 0 Å². The Bertz CT molecular complexity index is 484. The molecule has 0 radical (unpaired) electrons. The van der Waals surface area contributed by atoms with Crippen molar-refractivity contribution in [2.24, 2.45) is 7.05 Å². The topological polar surface area (TPSA) is 46.8 Å². The molecule has 4 nitrogen and oxygen atoms in total. The number of aromatic amines is 1. The van der Waals surface area contributed by atoms with Gasteiger partial charge in [0, 0.05) is 7.05 Å². The third-order valence-corrected chi connectivity index (χ3v) is 2.14. The van der Waals surface area contributed by atoms with Crippen molar-refractivity contribution in [1.29, 1.82) is 0 Å². The van der Waals surface area contributed by atoms with Gasteiger partial charge in [0.2, 0.25) is 4.77 Å². The van der Waals surface area contributed by atoms with Gasteiger partial charge in [0.15, 0.2) is 16.8 Å². The van der Waals surface area contributed by atoms with Crippen LogP contribution in [0.2, 0.25) is 5.22 Å². The molecule has 13 heavy (non-hydrogen) atoms. The van der Waals surface area contributed by atoms with Crippen LogP contribution in [0.3, 0.4) is 0 Å². The Labute approximate surface area is 84.1 Å². The highest BCUT2D eigenvalue weighted by Crippen LogP contribution is 2.21. The fraction of sp³-hybridized carbons (Fsp3) is 0.143. The first-order valence-electron chi connectivity index (χ1n) is 3.55. The number of H-pyrrole nitrogens is 1. The minimum Gasteiger partial charge on any atom is -0.441 e. The SMILES string of the molecule is Cn1[nH]c(-c2ccc(Cl)o2)nc1=S. The van der Waals surface area contributed by atoms with Crippen LogP contribution < -0.4 is 0 Å². The molecular weight excluding hydrogens is 210 g/mol. The van der Waals surface area contributed by atoms with E-state index in [-0.39, 0.29) is 0 Å². The highest BCUT2D eigenvalue weighted by atomic mass is 35.5. The zero-order valence-electron chi connectivity index (χ0n) is 6.74. The molecule has 0 saturated heterocycles. The van der Waals surface area contributed by atoms with Gasteiger partial charge in [-0.2, -0.15) is 4.98 Å². The highest BCUT2D eigenvalue weighted by molar-refractivity contribution is 7.71. The Balaban J connectivity index is 2.52. The molecule has 0 amide bonds. The Morgan fingerprint density at radius 1 is 1.62 bits per heavy atom. The maximum atomic E-state index is 5.62. The van der Waals surface area contributed by atoms with Gasteiger partial charge in [-0.25, -0.2) is 0 Å². The number of aryl methyl sites for hydroxylation is 1. The van der Waals surface area contributed by atoms with E-state index in [4.69, 9.17) is 28.2 Å². The summed E-state index contributed by atoms with van der Waals surface area (Å²) in [5.41, 5.74) is 0. The number of hydrogen-bond acceptors (Lipinski definition) is 3. The molecule has 2 heterocycles. The summed E-state index contributed by atoms with van der Waals surface area (Å²) >= 11 is 10.5. The number of hydrogen-bond donors (Lipinski definition) is 1. The van der Waals surface area contributed by atoms with Gasteiger partial charge >= 0.3 is 0 Å². The first-order valence-corrected chi connectivity index (χ1v) is 4.34. The fourth-order valence-electron chi connectivity index (χ4n) is 0.954. The number of rotatable bonds is 1. The quantitative estimate of drug-likeness (QED) is 0.743. The van der Waals surface area contributed by atoms with Crippen LogP contribution in [0.25, 0.3) is 11.6 Å². The Morgan fingerprint density at radius 3 is 2.85 bits per heavy atom. The van der Waals surface area contributed by atoms with Crippen molar-refractivity contribution in [2.45, 2.75) is 0 Å². The standard InChI is InChI=1S/C7H6ClN3OS/c1-11-7(13)9-6(10-11)4-2-3-5(8)12-4/h2-3H,1H3,(H,9,10,13). The van der Waals surface area contributed by atoms with E-state index < -0.39 is 0 Å². The molecule has 68 valence electrons. The molecule has 0 atom stereocenters. The largest absolute Gasteiger partial charge is 0.441 e. The molecule has 0 unspecified atom stereocenters. The van der Waals surface area contributed by atoms with E-state index >= 15 is 0 Å². The molecule has 0 spiro atoms. The van der Waals surface area contributed by atoms with E-state index in [0.717, 1.165) is 0 Å². The van der Waals surface area contributed by atoms with E-state index in [1.54, 1.807) is 23.9 Å². The van der Waals surface area contributed by atoms with Gasteiger partial charge in [0.1, 0.15) is 0 Å². The van der Waals surface area contributed by atoms with E-state index in [0.29, 0.717) is 21.6 Å². The first-order chi connectivity index (χ1) is 6.16. The molecule has 2 aromatic rings. The van der Waals surface area contributed by atoms with Gasteiger partial charge < -0.3 is 4.42 Å². The smallest absolute Gasteiger partial charge is 0.216 e. The Morgan fingerprint density at radius 2 is 2.38 bits per heavy atom. The molecule has 1 N–H and O–H groups in total. The average Bonchev–Trinajstić information content (AvgIpc) is 2.61. The van der Waals surface area contributed by atoms with Crippen LogP contribution >= 0.6 is 23.8 Å². The normalized spacial score (nSPS) is 10.6. The van der Waals surface area contributed by atoms with Crippen molar-refractivity contribution < 1.29 is 4.42 Å². The van der Waals surface area contributed by atoms with Gasteiger partial charge in [0.05, 0.1) is 0 Å². The zero-order valence-corrected chi connectivity index (χ0v) is 8.32. The Kier molecular flexibility index (Phi) is 1.97. The number of halogens is 1. The zero-order chi connectivity index (χ0) is 9.42. The van der Waals surface area contributed by atoms with Crippen molar-refractivity contribution in [3.8, 4) is 11.6 Å². The van der Waals surface area contributed by atoms with Gasteiger partial charge in [0.25, 0.3) is 0 Å². The molecule has 0 aliphatic heterocycles. The lowest BCUT2D eigenvalue weighted by molar-refractivity contribution is 0.578. The summed E-state index contributed by atoms with van der Waals surface area (Å²) in [4.78, 5) is 4.06. The van der Waals surface area contributed by atoms with Crippen LogP contribution in [0.5, 0.6) is 0 Å². The maximum Gasteiger partial charge on any atom is 0.216 e. The molecule has 0 fully saturated rings. The van der Waals surface area contributed by atoms with Crippen LogP contribution in [0.15, 0.2) is 16.5 Å². The van der Waals surface area contributed by atoms with Gasteiger partial charge in [-0.15, -0.1) is 0 Å². The van der Waals surface area contributed by atoms with E-state index in [9.17, 15) is 0 Å². The summed E-state index contributed by atoms with van der Waals surface area (Å²) in [6.45, 7) is 0. The minimum absolute atomic E-state index is 0.333. The number of furan rings is 1. The predicted molar refractivity (Wildman–Crippen MR) is 51.1 cm³/mol. The van der Waals surface area contributed by atoms with Gasteiger partial charge in [-0.1, -0.05) is 0 Å². The lowest BCUT2D eigenvalue weighted by Crippen LogP contribution is -1.88. The second kappa shape index (κ2) is 3.01. The van der Waals surface area contributed by atoms with Crippen LogP contribution in [0.4, 0.5) is 0 Å². The summed E-state index contributed by atoms with van der Waals surface area (Å²) in [7, 11) is 1.78. The molecule has 0 saturated carbocycles. The van der Waals surface area contributed by atoms with Crippen LogP contribution in [0.1, 0.15) is 0 Å². The monoisotopic (exact) mass is 215 g/mol. The summed E-state index contributed by atoms with van der Waals surface area (Å²) in [5.74, 6) is 1.16. The molecular formula is C7H6ClN3OS. The van der Waals surface area contributed by atoms with Gasteiger partial charge in [-0.3, -0.25) is 9.78 Å². The van der Waals surface area contributed by atoms with Crippen molar-refractivity contribution in [3.63, 3.8) is 0 Å². The van der Waals surface area contributed by atoms with Crippen molar-refractivity contribution in [2.75, 3.05) is 0 Å². The summed E-state index contributed by atoms with van der Waals surface area (Å²) in [6, 6.07) is 3.39. The van der Waals surface area contributed by atoms with Crippen LogP contribution in [-0.4, -0.2) is 14.8 Å². The van der Waals surface area contributed by atoms with Crippen molar-refractivity contribution in [3.05, 3.63) is 22.1 Å². The van der Waals surface area contributed by atoms with Gasteiger partial charge in [-0.05, 0) is 36.0 Å². The number of aromatic nitrogens is 3. The second-order valence-electron chi connectivity index (χ2n) is 2.52. The lowest BCUT2D eigenvalue weighted by atomic mass is 10.4. The lowest BCUT2D eigenvalue weighted by Gasteiger charge is -1.88. The average molecular weight is 216 g/mol. The molecule has 6 heteroatoms. The molecule has 0 aromatic carbocycles. The predicted octanol–water partition coefficient (Wildman–Crippen LogP) is 2.39. The van der Waals surface area contributed by atoms with Crippen molar-refractivity contribution >= 4 is 23.8 Å². The highest BCUT2D eigenvalue weighted by Gasteiger charge is 2.06. The molecule has 0 aliphatic rings. The first kappa shape index (κ1) is 8.52. The molecule has 0 aliphatic carbocycles. The minimum atomic E-state index is 0.333. The second-order valence-corrected chi connectivity index (χ2v) is 3.26. The third kappa shape index (κ3) is 1.52. The van der Waals surface area contributed by atoms with Crippen molar-refractivity contribution in [1.82, 2.24) is 14.8 Å². The maximum absolute atomic E-state index is 5.62. The summed E-state index contributed by atoms with van der Waals surface area (Å²) in [5, 5.41) is 3.26. The molecule has 2 aromatic heterocycles. The van der Waals surface area contributed by atoms with Crippen LogP contribution in [0, 0.1) is 4.77 Å². The molecule has 2 rings (SSSR count). The summed E-state index contributed by atoms with van der Waals surface area (Å²) in [6.07, 6.45) is 0. The third-order valence-electron chi connectivity index (χ3n) is 1.57.